The zero-order valence-electron chi connectivity index (χ0n) is 16.4. The quantitative estimate of drug-likeness (QED) is 0.695. The molecule has 1 fully saturated rings. The molecule has 2 N–H and O–H groups in total. The van der Waals surface area contributed by atoms with Crippen LogP contribution in [-0.4, -0.2) is 26.9 Å². The normalized spacial score (nSPS) is 22.7. The first-order valence-electron chi connectivity index (χ1n) is 10.1. The van der Waals surface area contributed by atoms with Crippen LogP contribution < -0.4 is 10.0 Å². The van der Waals surface area contributed by atoms with Crippen LogP contribution in [0.4, 0.5) is 14.5 Å². The van der Waals surface area contributed by atoms with E-state index >= 15 is 0 Å². The number of alkyl halides is 2. The van der Waals surface area contributed by atoms with E-state index < -0.39 is 21.9 Å². The van der Waals surface area contributed by atoms with Crippen molar-refractivity contribution in [1.29, 1.82) is 0 Å². The highest BCUT2D eigenvalue weighted by Gasteiger charge is 2.57. The van der Waals surface area contributed by atoms with E-state index in [0.29, 0.717) is 17.3 Å². The van der Waals surface area contributed by atoms with Crippen molar-refractivity contribution in [3.63, 3.8) is 0 Å². The predicted molar refractivity (Wildman–Crippen MR) is 110 cm³/mol. The van der Waals surface area contributed by atoms with Gasteiger partial charge in [0.05, 0.1) is 10.8 Å². The van der Waals surface area contributed by atoms with Crippen molar-refractivity contribution in [1.82, 2.24) is 5.32 Å². The minimum absolute atomic E-state index is 0.0757. The molecular formula is C22H26F2N2O2S. The van der Waals surface area contributed by atoms with Gasteiger partial charge >= 0.3 is 0 Å². The third-order valence-corrected chi connectivity index (χ3v) is 7.19. The number of anilines is 1. The van der Waals surface area contributed by atoms with E-state index in [2.05, 4.69) is 17.0 Å². The molecule has 156 valence electrons. The van der Waals surface area contributed by atoms with Gasteiger partial charge in [0, 0.05) is 18.2 Å². The molecule has 0 radical (unpaired) electrons. The maximum absolute atomic E-state index is 13.2. The first-order chi connectivity index (χ1) is 13.8. The molecule has 1 saturated carbocycles. The van der Waals surface area contributed by atoms with E-state index in [1.54, 1.807) is 6.07 Å². The molecule has 2 aliphatic carbocycles. The summed E-state index contributed by atoms with van der Waals surface area (Å²) in [4.78, 5) is 0.0757. The van der Waals surface area contributed by atoms with Crippen LogP contribution in [-0.2, 0) is 22.9 Å². The average molecular weight is 421 g/mol. The number of rotatable bonds is 7. The van der Waals surface area contributed by atoms with Crippen molar-refractivity contribution in [2.75, 3.05) is 11.3 Å². The van der Waals surface area contributed by atoms with Gasteiger partial charge in [0.1, 0.15) is 0 Å². The van der Waals surface area contributed by atoms with E-state index in [9.17, 15) is 17.2 Å². The lowest BCUT2D eigenvalue weighted by atomic mass is 9.88. The number of sulfonamides is 1. The Morgan fingerprint density at radius 1 is 1.10 bits per heavy atom. The Morgan fingerprint density at radius 3 is 2.48 bits per heavy atom. The molecule has 4 rings (SSSR count). The van der Waals surface area contributed by atoms with E-state index in [1.807, 2.05) is 12.1 Å². The molecule has 0 amide bonds. The lowest BCUT2D eigenvalue weighted by Crippen LogP contribution is -2.35. The van der Waals surface area contributed by atoms with Crippen molar-refractivity contribution >= 4 is 15.7 Å². The Hall–Kier alpha value is -1.99. The summed E-state index contributed by atoms with van der Waals surface area (Å²) in [5.41, 5.74) is 3.43. The third-order valence-electron chi connectivity index (χ3n) is 5.79. The number of hydrogen-bond acceptors (Lipinski definition) is 3. The number of fused-ring (bicyclic) bond motifs is 1. The largest absolute Gasteiger partial charge is 0.314 e. The van der Waals surface area contributed by atoms with Crippen molar-refractivity contribution in [3.05, 3.63) is 59.2 Å². The van der Waals surface area contributed by atoms with Crippen LogP contribution in [0, 0.1) is 0 Å². The summed E-state index contributed by atoms with van der Waals surface area (Å²) in [7, 11) is -3.76. The fourth-order valence-corrected chi connectivity index (χ4v) is 5.06. The van der Waals surface area contributed by atoms with E-state index in [1.165, 1.54) is 35.4 Å². The topological polar surface area (TPSA) is 58.2 Å². The van der Waals surface area contributed by atoms with Gasteiger partial charge in [-0.2, -0.15) is 0 Å². The lowest BCUT2D eigenvalue weighted by Gasteiger charge is -2.26. The predicted octanol–water partition coefficient (Wildman–Crippen LogP) is 4.47. The molecule has 0 bridgehead atoms. The molecule has 0 spiro atoms. The SMILES string of the molecule is CCCN[C@H]1CCc2cc(NS(=O)(=O)c3ccc(C4CC4(F)F)cc3)ccc2C1. The Bertz CT molecular complexity index is 990. The van der Waals surface area contributed by atoms with Crippen molar-refractivity contribution in [3.8, 4) is 0 Å². The number of benzene rings is 2. The van der Waals surface area contributed by atoms with Crippen molar-refractivity contribution in [2.45, 2.75) is 61.8 Å². The van der Waals surface area contributed by atoms with Gasteiger partial charge in [-0.3, -0.25) is 4.72 Å². The summed E-state index contributed by atoms with van der Waals surface area (Å²) in [6.07, 6.45) is 3.85. The third kappa shape index (κ3) is 4.46. The number of nitrogens with one attached hydrogen (secondary N) is 2. The van der Waals surface area contributed by atoms with Gasteiger partial charge in [-0.05, 0) is 73.2 Å². The second kappa shape index (κ2) is 7.69. The van der Waals surface area contributed by atoms with Crippen LogP contribution in [0.2, 0.25) is 0 Å². The fraction of sp³-hybridized carbons (Fsp3) is 0.455. The fourth-order valence-electron chi connectivity index (χ4n) is 4.01. The Kier molecular flexibility index (Phi) is 5.38. The first kappa shape index (κ1) is 20.3. The Labute approximate surface area is 170 Å². The van der Waals surface area contributed by atoms with Crippen LogP contribution in [0.1, 0.15) is 48.8 Å². The monoisotopic (exact) mass is 420 g/mol. The molecule has 2 aromatic rings. The number of hydrogen-bond donors (Lipinski definition) is 2. The van der Waals surface area contributed by atoms with Crippen molar-refractivity contribution in [2.24, 2.45) is 0 Å². The summed E-state index contributed by atoms with van der Waals surface area (Å²) in [6, 6.07) is 11.9. The van der Waals surface area contributed by atoms with Gasteiger partial charge in [0.15, 0.2) is 0 Å². The van der Waals surface area contributed by atoms with Gasteiger partial charge in [0.25, 0.3) is 15.9 Å². The lowest BCUT2D eigenvalue weighted by molar-refractivity contribution is 0.112. The molecular weight excluding hydrogens is 394 g/mol. The van der Waals surface area contributed by atoms with E-state index in [0.717, 1.165) is 32.2 Å². The Morgan fingerprint density at radius 2 is 1.83 bits per heavy atom. The van der Waals surface area contributed by atoms with Crippen molar-refractivity contribution < 1.29 is 17.2 Å². The molecule has 2 aromatic carbocycles. The molecule has 1 unspecified atom stereocenters. The van der Waals surface area contributed by atoms with Gasteiger partial charge in [-0.1, -0.05) is 25.1 Å². The highest BCUT2D eigenvalue weighted by atomic mass is 32.2. The minimum atomic E-state index is -3.76. The zero-order chi connectivity index (χ0) is 20.6. The smallest absolute Gasteiger partial charge is 0.261 e. The second-order valence-electron chi connectivity index (χ2n) is 8.07. The summed E-state index contributed by atoms with van der Waals surface area (Å²) >= 11 is 0. The molecule has 2 aliphatic rings. The summed E-state index contributed by atoms with van der Waals surface area (Å²) in [5, 5.41) is 3.55. The second-order valence-corrected chi connectivity index (χ2v) is 9.75. The minimum Gasteiger partial charge on any atom is -0.314 e. The standard InChI is InChI=1S/C22H26F2N2O2S/c1-2-11-25-18-7-3-17-13-19(8-4-16(17)12-18)26-29(27,28)20-9-5-15(6-10-20)21-14-22(21,23)24/h4-6,8-10,13,18,21,25-26H,2-3,7,11-12,14H2,1H3/t18-,21?/m0/s1. The average Bonchev–Trinajstić information content (AvgIpc) is 3.34. The molecule has 4 nitrogen and oxygen atoms in total. The van der Waals surface area contributed by atoms with Gasteiger partial charge < -0.3 is 5.32 Å². The highest BCUT2D eigenvalue weighted by molar-refractivity contribution is 7.92. The highest BCUT2D eigenvalue weighted by Crippen LogP contribution is 2.55. The molecule has 29 heavy (non-hydrogen) atoms. The van der Waals surface area contributed by atoms with E-state index in [-0.39, 0.29) is 11.3 Å². The van der Waals surface area contributed by atoms with Gasteiger partial charge in [-0.25, -0.2) is 17.2 Å². The molecule has 7 heteroatoms. The molecule has 0 aliphatic heterocycles. The van der Waals surface area contributed by atoms with Crippen LogP contribution in [0.25, 0.3) is 0 Å². The van der Waals surface area contributed by atoms with Crippen LogP contribution in [0.3, 0.4) is 0 Å². The van der Waals surface area contributed by atoms with E-state index in [4.69, 9.17) is 0 Å². The van der Waals surface area contributed by atoms with Crippen LogP contribution in [0.15, 0.2) is 47.4 Å². The zero-order valence-corrected chi connectivity index (χ0v) is 17.2. The molecule has 0 saturated heterocycles. The van der Waals surface area contributed by atoms with Crippen LogP contribution in [0.5, 0.6) is 0 Å². The summed E-state index contributed by atoms with van der Waals surface area (Å²) in [6.45, 7) is 3.16. The van der Waals surface area contributed by atoms with Crippen LogP contribution >= 0.6 is 0 Å². The summed E-state index contributed by atoms with van der Waals surface area (Å²) < 4.78 is 54.4. The number of halogens is 2. The molecule has 0 aromatic heterocycles. The molecule has 2 atom stereocenters. The first-order valence-corrected chi connectivity index (χ1v) is 11.6. The number of aryl methyl sites for hydroxylation is 1. The van der Waals surface area contributed by atoms with Gasteiger partial charge in [0.2, 0.25) is 0 Å². The maximum atomic E-state index is 13.2. The Balaban J connectivity index is 1.45. The maximum Gasteiger partial charge on any atom is 0.261 e. The summed E-state index contributed by atoms with van der Waals surface area (Å²) in [5.74, 6) is -3.45. The molecule has 0 heterocycles. The van der Waals surface area contributed by atoms with Gasteiger partial charge in [-0.15, -0.1) is 0 Å².